The van der Waals surface area contributed by atoms with Gasteiger partial charge >= 0.3 is 5.97 Å². The Bertz CT molecular complexity index is 1280. The molecule has 31 heavy (non-hydrogen) atoms. The van der Waals surface area contributed by atoms with Crippen molar-refractivity contribution in [2.75, 3.05) is 14.2 Å². The number of hydrogen-bond acceptors (Lipinski definition) is 3. The van der Waals surface area contributed by atoms with Crippen LogP contribution >= 0.6 is 0 Å². The van der Waals surface area contributed by atoms with Gasteiger partial charge in [-0.1, -0.05) is 60.2 Å². The van der Waals surface area contributed by atoms with Crippen LogP contribution in [0.5, 0.6) is 5.75 Å². The molecule has 0 aliphatic heterocycles. The van der Waals surface area contributed by atoms with Gasteiger partial charge in [0.15, 0.2) is 0 Å². The molecule has 0 saturated heterocycles. The number of benzene rings is 3. The maximum absolute atomic E-state index is 12.7. The standard InChI is InChI=1S/C27H27NO3/c1-18(2)14-15-20-22(27(29)31-4)16-24(30-3)26-25(20)21-12-8-9-13-23(21)28(26)17-19-10-6-5-7-11-19/h5-14,16H,15,17H2,1-4H3. The molecule has 0 spiro atoms. The summed E-state index contributed by atoms with van der Waals surface area (Å²) < 4.78 is 13.2. The number of carbonyl (C=O) groups is 1. The van der Waals surface area contributed by atoms with Gasteiger partial charge in [-0.05, 0) is 43.5 Å². The summed E-state index contributed by atoms with van der Waals surface area (Å²) in [5.74, 6) is 0.320. The first-order valence-electron chi connectivity index (χ1n) is 10.4. The minimum Gasteiger partial charge on any atom is -0.495 e. The van der Waals surface area contributed by atoms with Crippen molar-refractivity contribution in [1.82, 2.24) is 4.57 Å². The fourth-order valence-electron chi connectivity index (χ4n) is 4.18. The first kappa shape index (κ1) is 20.7. The number of esters is 1. The number of rotatable bonds is 6. The third-order valence-corrected chi connectivity index (χ3v) is 5.63. The Morgan fingerprint density at radius 1 is 1.00 bits per heavy atom. The fourth-order valence-corrected chi connectivity index (χ4v) is 4.18. The van der Waals surface area contributed by atoms with Crippen LogP contribution in [0, 0.1) is 0 Å². The predicted octanol–water partition coefficient (Wildman–Crippen LogP) is 6.15. The van der Waals surface area contributed by atoms with Crippen LogP contribution in [0.15, 0.2) is 72.3 Å². The Hall–Kier alpha value is -3.53. The first-order chi connectivity index (χ1) is 15.0. The summed E-state index contributed by atoms with van der Waals surface area (Å²) in [6.45, 7) is 4.84. The molecule has 1 aromatic heterocycles. The Labute approximate surface area is 182 Å². The molecule has 0 unspecified atom stereocenters. The van der Waals surface area contributed by atoms with Crippen LogP contribution in [0.3, 0.4) is 0 Å². The lowest BCUT2D eigenvalue weighted by Gasteiger charge is -2.15. The number of ether oxygens (including phenoxy) is 2. The first-order valence-corrected chi connectivity index (χ1v) is 10.4. The van der Waals surface area contributed by atoms with E-state index in [0.717, 1.165) is 27.4 Å². The van der Waals surface area contributed by atoms with Crippen molar-refractivity contribution < 1.29 is 14.3 Å². The lowest BCUT2D eigenvalue weighted by molar-refractivity contribution is 0.0599. The highest BCUT2D eigenvalue weighted by molar-refractivity contribution is 6.14. The van der Waals surface area contributed by atoms with Crippen molar-refractivity contribution in [2.45, 2.75) is 26.8 Å². The molecule has 0 amide bonds. The van der Waals surface area contributed by atoms with Gasteiger partial charge < -0.3 is 14.0 Å². The zero-order chi connectivity index (χ0) is 22.0. The second-order valence-corrected chi connectivity index (χ2v) is 7.89. The van der Waals surface area contributed by atoms with Crippen molar-refractivity contribution in [3.05, 3.63) is 89.0 Å². The van der Waals surface area contributed by atoms with Crippen LogP contribution in [0.25, 0.3) is 21.8 Å². The van der Waals surface area contributed by atoms with Gasteiger partial charge in [-0.15, -0.1) is 0 Å². The molecule has 1 heterocycles. The SMILES string of the molecule is COC(=O)c1cc(OC)c2c(c1CC=C(C)C)c1ccccc1n2Cc1ccccc1. The number of allylic oxidation sites excluding steroid dienone is 2. The predicted molar refractivity (Wildman–Crippen MR) is 126 cm³/mol. The Kier molecular flexibility index (Phi) is 5.81. The minimum absolute atomic E-state index is 0.350. The van der Waals surface area contributed by atoms with Crippen molar-refractivity contribution >= 4 is 27.8 Å². The smallest absolute Gasteiger partial charge is 0.338 e. The van der Waals surface area contributed by atoms with Crippen molar-refractivity contribution in [1.29, 1.82) is 0 Å². The van der Waals surface area contributed by atoms with Crippen LogP contribution in [-0.2, 0) is 17.7 Å². The van der Waals surface area contributed by atoms with E-state index in [1.165, 1.54) is 18.2 Å². The van der Waals surface area contributed by atoms with E-state index in [9.17, 15) is 4.79 Å². The normalized spacial score (nSPS) is 11.0. The summed E-state index contributed by atoms with van der Waals surface area (Å²) in [7, 11) is 3.07. The number of carbonyl (C=O) groups excluding carboxylic acids is 1. The number of nitrogens with zero attached hydrogens (tertiary/aromatic N) is 1. The summed E-state index contributed by atoms with van der Waals surface area (Å²) in [5.41, 5.74) is 6.03. The Morgan fingerprint density at radius 3 is 2.39 bits per heavy atom. The van der Waals surface area contributed by atoms with Gasteiger partial charge in [0.25, 0.3) is 0 Å². The monoisotopic (exact) mass is 413 g/mol. The Balaban J connectivity index is 2.12. The molecule has 4 nitrogen and oxygen atoms in total. The van der Waals surface area contributed by atoms with Crippen LogP contribution in [0.2, 0.25) is 0 Å². The zero-order valence-electron chi connectivity index (χ0n) is 18.4. The van der Waals surface area contributed by atoms with Crippen LogP contribution < -0.4 is 4.74 Å². The molecule has 4 rings (SSSR count). The van der Waals surface area contributed by atoms with Gasteiger partial charge in [0.1, 0.15) is 5.75 Å². The molecular weight excluding hydrogens is 386 g/mol. The molecule has 0 aliphatic carbocycles. The summed E-state index contributed by atoms with van der Waals surface area (Å²) in [4.78, 5) is 12.7. The van der Waals surface area contributed by atoms with Crippen molar-refractivity contribution in [3.63, 3.8) is 0 Å². The number of aromatic nitrogens is 1. The maximum Gasteiger partial charge on any atom is 0.338 e. The summed E-state index contributed by atoms with van der Waals surface area (Å²) in [5, 5.41) is 2.15. The van der Waals surface area contributed by atoms with E-state index in [-0.39, 0.29) is 5.97 Å². The third kappa shape index (κ3) is 3.81. The van der Waals surface area contributed by atoms with E-state index >= 15 is 0 Å². The van der Waals surface area contributed by atoms with E-state index in [0.29, 0.717) is 24.3 Å². The highest BCUT2D eigenvalue weighted by atomic mass is 16.5. The lowest BCUT2D eigenvalue weighted by Crippen LogP contribution is -2.08. The summed E-state index contributed by atoms with van der Waals surface area (Å²) in [6, 6.07) is 20.5. The van der Waals surface area contributed by atoms with Crippen LogP contribution in [0.1, 0.15) is 35.3 Å². The Morgan fingerprint density at radius 2 is 1.71 bits per heavy atom. The molecule has 0 bridgehead atoms. The number of methoxy groups -OCH3 is 2. The lowest BCUT2D eigenvalue weighted by atomic mass is 9.96. The fraction of sp³-hybridized carbons (Fsp3) is 0.222. The van der Waals surface area contributed by atoms with Gasteiger partial charge in [0.2, 0.25) is 0 Å². The third-order valence-electron chi connectivity index (χ3n) is 5.63. The molecule has 4 heteroatoms. The average molecular weight is 414 g/mol. The largest absolute Gasteiger partial charge is 0.495 e. The summed E-state index contributed by atoms with van der Waals surface area (Å²) >= 11 is 0. The van der Waals surface area contributed by atoms with Gasteiger partial charge in [0.05, 0.1) is 25.3 Å². The van der Waals surface area contributed by atoms with Gasteiger partial charge in [0, 0.05) is 22.8 Å². The second-order valence-electron chi connectivity index (χ2n) is 7.89. The molecule has 0 aliphatic rings. The molecule has 4 aromatic rings. The molecule has 0 fully saturated rings. The zero-order valence-corrected chi connectivity index (χ0v) is 18.4. The van der Waals surface area contributed by atoms with Gasteiger partial charge in [-0.2, -0.15) is 0 Å². The van der Waals surface area contributed by atoms with Crippen molar-refractivity contribution in [3.8, 4) is 5.75 Å². The van der Waals surface area contributed by atoms with E-state index < -0.39 is 0 Å². The van der Waals surface area contributed by atoms with E-state index in [4.69, 9.17) is 9.47 Å². The molecule has 158 valence electrons. The molecular formula is C27H27NO3. The van der Waals surface area contributed by atoms with E-state index in [1.54, 1.807) is 7.11 Å². The summed E-state index contributed by atoms with van der Waals surface area (Å²) in [6.07, 6.45) is 2.80. The topological polar surface area (TPSA) is 40.5 Å². The van der Waals surface area contributed by atoms with E-state index in [2.05, 4.69) is 60.9 Å². The maximum atomic E-state index is 12.7. The molecule has 0 saturated carbocycles. The van der Waals surface area contributed by atoms with Crippen molar-refractivity contribution in [2.24, 2.45) is 0 Å². The average Bonchev–Trinajstić information content (AvgIpc) is 3.11. The second kappa shape index (κ2) is 8.68. The molecule has 0 atom stereocenters. The van der Waals surface area contributed by atoms with E-state index in [1.807, 2.05) is 24.3 Å². The van der Waals surface area contributed by atoms with Crippen LogP contribution in [-0.4, -0.2) is 24.8 Å². The van der Waals surface area contributed by atoms with Gasteiger partial charge in [-0.3, -0.25) is 0 Å². The minimum atomic E-state index is -0.350. The van der Waals surface area contributed by atoms with Gasteiger partial charge in [-0.25, -0.2) is 4.79 Å². The molecule has 3 aromatic carbocycles. The molecule has 0 N–H and O–H groups in total. The number of fused-ring (bicyclic) bond motifs is 3. The number of para-hydroxylation sites is 1. The number of hydrogen-bond donors (Lipinski definition) is 0. The highest BCUT2D eigenvalue weighted by Gasteiger charge is 2.24. The quantitative estimate of drug-likeness (QED) is 0.281. The molecule has 0 radical (unpaired) electrons. The van der Waals surface area contributed by atoms with Crippen LogP contribution in [0.4, 0.5) is 0 Å². The highest BCUT2D eigenvalue weighted by Crippen LogP contribution is 2.40.